The fraction of sp³-hybridized carbons (Fsp3) is 0.467. The van der Waals surface area contributed by atoms with Gasteiger partial charge in [0.1, 0.15) is 6.54 Å². The van der Waals surface area contributed by atoms with Gasteiger partial charge in [0, 0.05) is 18.6 Å². The third-order valence-electron chi connectivity index (χ3n) is 3.17. The molecule has 21 heavy (non-hydrogen) atoms. The van der Waals surface area contributed by atoms with Gasteiger partial charge < -0.3 is 16.0 Å². The molecule has 1 aliphatic rings. The lowest BCUT2D eigenvalue weighted by atomic mass is 10.1. The Labute approximate surface area is 124 Å². The summed E-state index contributed by atoms with van der Waals surface area (Å²) in [5, 5.41) is 2.86. The molecule has 1 aliphatic heterocycles. The lowest BCUT2D eigenvalue weighted by Gasteiger charge is -2.23. The molecule has 0 radical (unpaired) electrons. The largest absolute Gasteiger partial charge is 0.397 e. The van der Waals surface area contributed by atoms with Gasteiger partial charge >= 0.3 is 6.03 Å². The highest BCUT2D eigenvalue weighted by atomic mass is 16.2. The molecule has 6 heteroatoms. The Bertz CT molecular complexity index is 551. The first-order valence-corrected chi connectivity index (χ1v) is 7.00. The maximum absolute atomic E-state index is 12.4. The second-order valence-corrected chi connectivity index (χ2v) is 6.21. The molecule has 3 amide bonds. The van der Waals surface area contributed by atoms with Crippen LogP contribution < -0.4 is 16.0 Å². The lowest BCUT2D eigenvalue weighted by Crippen LogP contribution is -2.46. The van der Waals surface area contributed by atoms with E-state index in [-0.39, 0.29) is 24.0 Å². The highest BCUT2D eigenvalue weighted by molar-refractivity contribution is 5.98. The number of nitrogen functional groups attached to an aromatic ring is 1. The van der Waals surface area contributed by atoms with E-state index in [9.17, 15) is 9.59 Å². The molecule has 0 atom stereocenters. The van der Waals surface area contributed by atoms with Gasteiger partial charge in [-0.25, -0.2) is 4.79 Å². The number of hydrogen-bond donors (Lipinski definition) is 2. The number of carbonyl (C=O) groups excluding carboxylic acids is 2. The van der Waals surface area contributed by atoms with E-state index < -0.39 is 0 Å². The van der Waals surface area contributed by atoms with Crippen molar-refractivity contribution in [3.8, 4) is 0 Å². The van der Waals surface area contributed by atoms with Crippen molar-refractivity contribution in [1.29, 1.82) is 0 Å². The quantitative estimate of drug-likeness (QED) is 0.826. The Kier molecular flexibility index (Phi) is 4.06. The predicted molar refractivity (Wildman–Crippen MR) is 83.1 cm³/mol. The Balaban J connectivity index is 2.02. The zero-order valence-corrected chi connectivity index (χ0v) is 12.7. The van der Waals surface area contributed by atoms with Crippen LogP contribution in [-0.4, -0.2) is 42.0 Å². The molecule has 0 aromatic heterocycles. The first-order chi connectivity index (χ1) is 9.78. The minimum absolute atomic E-state index is 0.0688. The van der Waals surface area contributed by atoms with Gasteiger partial charge in [-0.05, 0) is 32.9 Å². The van der Waals surface area contributed by atoms with Crippen LogP contribution in [0.15, 0.2) is 24.3 Å². The van der Waals surface area contributed by atoms with Gasteiger partial charge in [0.15, 0.2) is 0 Å². The van der Waals surface area contributed by atoms with E-state index in [1.165, 1.54) is 4.90 Å². The average Bonchev–Trinajstić information content (AvgIpc) is 2.69. The van der Waals surface area contributed by atoms with Crippen LogP contribution in [-0.2, 0) is 4.79 Å². The van der Waals surface area contributed by atoms with Crippen molar-refractivity contribution in [2.45, 2.75) is 26.3 Å². The number of rotatable bonds is 3. The lowest BCUT2D eigenvalue weighted by molar-refractivity contribution is -0.122. The zero-order valence-electron chi connectivity index (χ0n) is 12.7. The number of urea groups is 1. The number of para-hydroxylation sites is 2. The number of benzene rings is 1. The number of amides is 3. The normalized spacial score (nSPS) is 15.5. The van der Waals surface area contributed by atoms with Gasteiger partial charge in [-0.1, -0.05) is 12.1 Å². The van der Waals surface area contributed by atoms with E-state index in [0.29, 0.717) is 24.5 Å². The van der Waals surface area contributed by atoms with E-state index in [2.05, 4.69) is 5.32 Å². The number of nitrogens with two attached hydrogens (primary N) is 1. The number of anilines is 2. The summed E-state index contributed by atoms with van der Waals surface area (Å²) in [7, 11) is 0. The number of hydrogen-bond acceptors (Lipinski definition) is 3. The SMILES string of the molecule is CC(C)(C)NC(=O)CN1CCN(c2ccccc2N)C1=O. The van der Waals surface area contributed by atoms with Crippen molar-refractivity contribution in [1.82, 2.24) is 10.2 Å². The summed E-state index contributed by atoms with van der Waals surface area (Å²) in [6.07, 6.45) is 0. The van der Waals surface area contributed by atoms with Crippen LogP contribution in [0.2, 0.25) is 0 Å². The second kappa shape index (κ2) is 5.63. The van der Waals surface area contributed by atoms with Gasteiger partial charge in [0.25, 0.3) is 0 Å². The molecular formula is C15H22N4O2. The molecule has 1 saturated heterocycles. The molecule has 0 spiro atoms. The van der Waals surface area contributed by atoms with Crippen molar-refractivity contribution < 1.29 is 9.59 Å². The average molecular weight is 290 g/mol. The summed E-state index contributed by atoms with van der Waals surface area (Å²) in [5.74, 6) is -0.154. The smallest absolute Gasteiger partial charge is 0.325 e. The maximum Gasteiger partial charge on any atom is 0.325 e. The van der Waals surface area contributed by atoms with E-state index >= 15 is 0 Å². The zero-order chi connectivity index (χ0) is 15.6. The van der Waals surface area contributed by atoms with Crippen molar-refractivity contribution in [3.05, 3.63) is 24.3 Å². The standard InChI is InChI=1S/C15H22N4O2/c1-15(2,3)17-13(20)10-18-8-9-19(14(18)21)12-7-5-4-6-11(12)16/h4-7H,8-10,16H2,1-3H3,(H,17,20). The van der Waals surface area contributed by atoms with E-state index in [0.717, 1.165) is 0 Å². The summed E-state index contributed by atoms with van der Waals surface area (Å²) >= 11 is 0. The number of nitrogens with one attached hydrogen (secondary N) is 1. The van der Waals surface area contributed by atoms with Gasteiger partial charge in [0.05, 0.1) is 11.4 Å². The molecule has 2 rings (SSSR count). The first kappa shape index (κ1) is 15.2. The summed E-state index contributed by atoms with van der Waals surface area (Å²) < 4.78 is 0. The van der Waals surface area contributed by atoms with Crippen LogP contribution >= 0.6 is 0 Å². The Morgan fingerprint density at radius 1 is 1.29 bits per heavy atom. The molecule has 0 aliphatic carbocycles. The van der Waals surface area contributed by atoms with Crippen LogP contribution in [0.1, 0.15) is 20.8 Å². The molecule has 6 nitrogen and oxygen atoms in total. The van der Waals surface area contributed by atoms with Crippen LogP contribution in [0.3, 0.4) is 0 Å². The molecule has 114 valence electrons. The topological polar surface area (TPSA) is 78.7 Å². The summed E-state index contributed by atoms with van der Waals surface area (Å²) in [5.41, 5.74) is 6.86. The molecule has 0 unspecified atom stereocenters. The highest BCUT2D eigenvalue weighted by Gasteiger charge is 2.32. The summed E-state index contributed by atoms with van der Waals surface area (Å²) in [6, 6.07) is 7.06. The number of nitrogens with zero attached hydrogens (tertiary/aromatic N) is 2. The molecular weight excluding hydrogens is 268 g/mol. The first-order valence-electron chi connectivity index (χ1n) is 7.00. The predicted octanol–water partition coefficient (Wildman–Crippen LogP) is 1.43. The fourth-order valence-electron chi connectivity index (χ4n) is 2.32. The van der Waals surface area contributed by atoms with Crippen LogP contribution in [0.5, 0.6) is 0 Å². The summed E-state index contributed by atoms with van der Waals surface area (Å²) in [6.45, 7) is 6.86. The maximum atomic E-state index is 12.4. The van der Waals surface area contributed by atoms with Crippen LogP contribution in [0.25, 0.3) is 0 Å². The second-order valence-electron chi connectivity index (χ2n) is 6.21. The van der Waals surface area contributed by atoms with Crippen molar-refractivity contribution in [2.24, 2.45) is 0 Å². The molecule has 1 aromatic carbocycles. The van der Waals surface area contributed by atoms with Gasteiger partial charge in [0.2, 0.25) is 5.91 Å². The molecule has 1 aromatic rings. The Hall–Kier alpha value is -2.24. The van der Waals surface area contributed by atoms with Gasteiger partial charge in [-0.2, -0.15) is 0 Å². The van der Waals surface area contributed by atoms with Crippen LogP contribution in [0.4, 0.5) is 16.2 Å². The van der Waals surface area contributed by atoms with Crippen molar-refractivity contribution in [2.75, 3.05) is 30.3 Å². The molecule has 1 fully saturated rings. The summed E-state index contributed by atoms with van der Waals surface area (Å²) in [4.78, 5) is 27.4. The third kappa shape index (κ3) is 3.65. The number of carbonyl (C=O) groups is 2. The fourth-order valence-corrected chi connectivity index (χ4v) is 2.32. The van der Waals surface area contributed by atoms with E-state index in [4.69, 9.17) is 5.73 Å². The van der Waals surface area contributed by atoms with Crippen molar-refractivity contribution >= 4 is 23.3 Å². The molecule has 1 heterocycles. The Morgan fingerprint density at radius 3 is 2.57 bits per heavy atom. The van der Waals surface area contributed by atoms with Gasteiger partial charge in [-0.3, -0.25) is 9.69 Å². The monoisotopic (exact) mass is 290 g/mol. The third-order valence-corrected chi connectivity index (χ3v) is 3.17. The molecule has 0 saturated carbocycles. The molecule has 0 bridgehead atoms. The minimum Gasteiger partial charge on any atom is -0.397 e. The Morgan fingerprint density at radius 2 is 1.95 bits per heavy atom. The molecule has 3 N–H and O–H groups in total. The minimum atomic E-state index is -0.302. The van der Waals surface area contributed by atoms with E-state index in [1.807, 2.05) is 39.0 Å². The van der Waals surface area contributed by atoms with Gasteiger partial charge in [-0.15, -0.1) is 0 Å². The van der Waals surface area contributed by atoms with Crippen molar-refractivity contribution in [3.63, 3.8) is 0 Å². The highest BCUT2D eigenvalue weighted by Crippen LogP contribution is 2.26. The van der Waals surface area contributed by atoms with E-state index in [1.54, 1.807) is 11.0 Å². The van der Waals surface area contributed by atoms with Crippen LogP contribution in [0, 0.1) is 0 Å².